The number of hydrogen-bond acceptors (Lipinski definition) is 7. The number of nitrogens with zero attached hydrogens (tertiary/aromatic N) is 2. The lowest BCUT2D eigenvalue weighted by Crippen LogP contribution is -2.37. The third-order valence-electron chi connectivity index (χ3n) is 5.97. The Morgan fingerprint density at radius 1 is 1.09 bits per heavy atom. The van der Waals surface area contributed by atoms with Crippen molar-refractivity contribution in [2.75, 3.05) is 19.5 Å². The summed E-state index contributed by atoms with van der Waals surface area (Å²) in [6.07, 6.45) is 0.123. The molecule has 2 aliphatic rings. The molecule has 1 atom stereocenters. The molecule has 8 heteroatoms. The van der Waals surface area contributed by atoms with Crippen LogP contribution in [0.5, 0.6) is 5.75 Å². The van der Waals surface area contributed by atoms with Gasteiger partial charge in [0.1, 0.15) is 5.75 Å². The molecule has 0 spiro atoms. The number of aryl methyl sites for hydroxylation is 2. The molecule has 0 aromatic heterocycles. The first kappa shape index (κ1) is 23.6. The first-order valence-electron chi connectivity index (χ1n) is 10.9. The number of rotatable bonds is 6. The quantitative estimate of drug-likeness (QED) is 0.584. The zero-order valence-corrected chi connectivity index (χ0v) is 20.7. The van der Waals surface area contributed by atoms with Crippen LogP contribution in [0.25, 0.3) is 0 Å². The second kappa shape index (κ2) is 9.77. The van der Waals surface area contributed by atoms with Crippen LogP contribution in [0.15, 0.2) is 69.8 Å². The molecule has 0 saturated heterocycles. The number of amides is 1. The molecular formula is C26H27N3O4S. The second-order valence-electron chi connectivity index (χ2n) is 8.15. The summed E-state index contributed by atoms with van der Waals surface area (Å²) in [5, 5.41) is 5.59. The Hall–Kier alpha value is -3.52. The number of ether oxygens (including phenoxy) is 2. The van der Waals surface area contributed by atoms with Crippen LogP contribution < -0.4 is 10.1 Å². The van der Waals surface area contributed by atoms with Gasteiger partial charge in [0.15, 0.2) is 5.17 Å². The van der Waals surface area contributed by atoms with Crippen LogP contribution in [0.2, 0.25) is 0 Å². The highest BCUT2D eigenvalue weighted by Gasteiger charge is 2.42. The van der Waals surface area contributed by atoms with E-state index >= 15 is 0 Å². The summed E-state index contributed by atoms with van der Waals surface area (Å²) < 4.78 is 10.7. The molecule has 0 saturated carbocycles. The van der Waals surface area contributed by atoms with Gasteiger partial charge in [-0.25, -0.2) is 9.79 Å². The summed E-state index contributed by atoms with van der Waals surface area (Å²) in [7, 11) is 2.95. The van der Waals surface area contributed by atoms with Crippen LogP contribution in [-0.4, -0.2) is 36.2 Å². The SMILES string of the molecule is COC(=O)C1=C(C)N=C2SC=C(CC(=O)Nc3ccc(C)c(C)c3)N2[C@@H]1c1ccccc1OC. The van der Waals surface area contributed by atoms with E-state index in [-0.39, 0.29) is 12.3 Å². The Bertz CT molecular complexity index is 1250. The fourth-order valence-electron chi connectivity index (χ4n) is 4.12. The van der Waals surface area contributed by atoms with Crippen molar-refractivity contribution in [2.24, 2.45) is 4.99 Å². The van der Waals surface area contributed by atoms with Gasteiger partial charge in [-0.05, 0) is 55.5 Å². The minimum atomic E-state index is -0.535. The topological polar surface area (TPSA) is 80.2 Å². The van der Waals surface area contributed by atoms with E-state index in [4.69, 9.17) is 9.47 Å². The average Bonchev–Trinajstić information content (AvgIpc) is 3.21. The van der Waals surface area contributed by atoms with Gasteiger partial charge in [-0.1, -0.05) is 36.0 Å². The standard InChI is InChI=1S/C26H27N3O4S/c1-15-10-11-18(12-16(15)2)28-22(30)13-19-14-34-26-27-17(3)23(25(31)33-5)24(29(19)26)20-8-6-7-9-21(20)32-4/h6-12,14,24H,13H2,1-5H3,(H,28,30)/t24-/m1/s1. The third-order valence-corrected chi connectivity index (χ3v) is 6.86. The van der Waals surface area contributed by atoms with Crippen molar-refractivity contribution in [3.05, 3.63) is 81.5 Å². The number of amidine groups is 1. The van der Waals surface area contributed by atoms with E-state index in [0.29, 0.717) is 22.2 Å². The summed E-state index contributed by atoms with van der Waals surface area (Å²) in [6, 6.07) is 12.8. The number of para-hydroxylation sites is 1. The van der Waals surface area contributed by atoms with E-state index in [2.05, 4.69) is 10.3 Å². The van der Waals surface area contributed by atoms with Crippen molar-refractivity contribution in [3.8, 4) is 5.75 Å². The summed E-state index contributed by atoms with van der Waals surface area (Å²) >= 11 is 1.43. The lowest BCUT2D eigenvalue weighted by Gasteiger charge is -2.36. The molecule has 0 fully saturated rings. The van der Waals surface area contributed by atoms with Gasteiger partial charge in [0.2, 0.25) is 5.91 Å². The number of aliphatic imine (C=N–C) groups is 1. The summed E-state index contributed by atoms with van der Waals surface area (Å²) in [5.74, 6) is 0.0202. The number of carbonyl (C=O) groups is 2. The van der Waals surface area contributed by atoms with Crippen molar-refractivity contribution in [1.82, 2.24) is 4.90 Å². The van der Waals surface area contributed by atoms with E-state index in [9.17, 15) is 9.59 Å². The van der Waals surface area contributed by atoms with Gasteiger partial charge >= 0.3 is 5.97 Å². The van der Waals surface area contributed by atoms with E-state index in [1.165, 1.54) is 24.4 Å². The maximum absolute atomic E-state index is 13.0. The molecule has 0 aliphatic carbocycles. The Labute approximate surface area is 203 Å². The van der Waals surface area contributed by atoms with E-state index in [1.807, 2.05) is 66.6 Å². The minimum Gasteiger partial charge on any atom is -0.496 e. The molecule has 1 amide bonds. The van der Waals surface area contributed by atoms with Gasteiger partial charge < -0.3 is 19.7 Å². The molecule has 1 N–H and O–H groups in total. The molecule has 0 radical (unpaired) electrons. The van der Waals surface area contributed by atoms with Crippen LogP contribution in [0.4, 0.5) is 5.69 Å². The van der Waals surface area contributed by atoms with Crippen LogP contribution in [0, 0.1) is 13.8 Å². The number of hydrogen-bond donors (Lipinski definition) is 1. The molecule has 34 heavy (non-hydrogen) atoms. The van der Waals surface area contributed by atoms with Gasteiger partial charge in [0.05, 0.1) is 38.0 Å². The zero-order valence-electron chi connectivity index (χ0n) is 19.8. The number of anilines is 1. The van der Waals surface area contributed by atoms with Gasteiger partial charge in [-0.3, -0.25) is 4.79 Å². The van der Waals surface area contributed by atoms with Gasteiger partial charge in [0, 0.05) is 16.9 Å². The molecule has 2 aromatic rings. The molecule has 2 heterocycles. The fourth-order valence-corrected chi connectivity index (χ4v) is 5.08. The maximum Gasteiger partial charge on any atom is 0.338 e. The van der Waals surface area contributed by atoms with E-state index < -0.39 is 12.0 Å². The van der Waals surface area contributed by atoms with E-state index in [1.54, 1.807) is 14.0 Å². The predicted octanol–water partition coefficient (Wildman–Crippen LogP) is 5.09. The van der Waals surface area contributed by atoms with E-state index in [0.717, 1.165) is 22.5 Å². The van der Waals surface area contributed by atoms with Crippen LogP contribution in [-0.2, 0) is 14.3 Å². The monoisotopic (exact) mass is 477 g/mol. The molecular weight excluding hydrogens is 450 g/mol. The first-order valence-corrected chi connectivity index (χ1v) is 11.7. The Morgan fingerprint density at radius 2 is 1.85 bits per heavy atom. The predicted molar refractivity (Wildman–Crippen MR) is 135 cm³/mol. The minimum absolute atomic E-state index is 0.123. The highest BCUT2D eigenvalue weighted by atomic mass is 32.2. The lowest BCUT2D eigenvalue weighted by molar-refractivity contribution is -0.136. The zero-order chi connectivity index (χ0) is 24.4. The molecule has 7 nitrogen and oxygen atoms in total. The number of allylic oxidation sites excluding steroid dienone is 1. The normalized spacial score (nSPS) is 17.1. The van der Waals surface area contributed by atoms with Crippen molar-refractivity contribution in [3.63, 3.8) is 0 Å². The number of thioether (sulfide) groups is 1. The van der Waals surface area contributed by atoms with Crippen molar-refractivity contribution in [1.29, 1.82) is 0 Å². The summed E-state index contributed by atoms with van der Waals surface area (Å²) in [4.78, 5) is 32.4. The van der Waals surface area contributed by atoms with Crippen LogP contribution in [0.3, 0.4) is 0 Å². The van der Waals surface area contributed by atoms with Gasteiger partial charge in [-0.15, -0.1) is 0 Å². The van der Waals surface area contributed by atoms with Gasteiger partial charge in [-0.2, -0.15) is 0 Å². The molecule has 2 aliphatic heterocycles. The van der Waals surface area contributed by atoms with Crippen molar-refractivity contribution >= 4 is 34.5 Å². The maximum atomic E-state index is 13.0. The number of esters is 1. The highest BCUT2D eigenvalue weighted by Crippen LogP contribution is 2.46. The first-order chi connectivity index (χ1) is 16.3. The number of methoxy groups -OCH3 is 2. The van der Waals surface area contributed by atoms with Crippen LogP contribution in [0.1, 0.15) is 36.1 Å². The Balaban J connectivity index is 1.68. The summed E-state index contributed by atoms with van der Waals surface area (Å²) in [6.45, 7) is 5.84. The average molecular weight is 478 g/mol. The number of carbonyl (C=O) groups excluding carboxylic acids is 2. The number of benzene rings is 2. The smallest absolute Gasteiger partial charge is 0.338 e. The number of fused-ring (bicyclic) bond motifs is 1. The molecule has 0 bridgehead atoms. The number of nitrogens with one attached hydrogen (secondary N) is 1. The Morgan fingerprint density at radius 3 is 2.56 bits per heavy atom. The Kier molecular flexibility index (Phi) is 6.79. The van der Waals surface area contributed by atoms with Gasteiger partial charge in [0.25, 0.3) is 0 Å². The van der Waals surface area contributed by atoms with Crippen LogP contribution >= 0.6 is 11.8 Å². The lowest BCUT2D eigenvalue weighted by atomic mass is 9.93. The molecule has 2 aromatic carbocycles. The van der Waals surface area contributed by atoms with Crippen molar-refractivity contribution in [2.45, 2.75) is 33.2 Å². The second-order valence-corrected chi connectivity index (χ2v) is 8.99. The summed E-state index contributed by atoms with van der Waals surface area (Å²) in [5.41, 5.74) is 5.56. The fraction of sp³-hybridized carbons (Fsp3) is 0.269. The molecule has 176 valence electrons. The molecule has 0 unspecified atom stereocenters. The molecule has 4 rings (SSSR count). The largest absolute Gasteiger partial charge is 0.496 e. The third kappa shape index (κ3) is 4.46. The highest BCUT2D eigenvalue weighted by molar-refractivity contribution is 8.16. The van der Waals surface area contributed by atoms with Crippen molar-refractivity contribution < 1.29 is 19.1 Å².